The van der Waals surface area contributed by atoms with Crippen LogP contribution in [0, 0.1) is 6.92 Å². The molecule has 0 aliphatic carbocycles. The summed E-state index contributed by atoms with van der Waals surface area (Å²) < 4.78 is 3.98. The maximum atomic E-state index is 4.73. The van der Waals surface area contributed by atoms with E-state index in [-0.39, 0.29) is 5.41 Å². The summed E-state index contributed by atoms with van der Waals surface area (Å²) in [5.74, 6) is 0.990. The highest BCUT2D eigenvalue weighted by Gasteiger charge is 2.19. The first-order valence-electron chi connectivity index (χ1n) is 8.34. The fraction of sp³-hybridized carbons (Fsp3) is 0.389. The molecule has 0 unspecified atom stereocenters. The van der Waals surface area contributed by atoms with E-state index in [0.29, 0.717) is 6.54 Å². The molecule has 4 aromatic rings. The molecule has 7 heteroatoms. The Balaban J connectivity index is 1.56. The zero-order chi connectivity index (χ0) is 17.8. The molecular formula is C18H22N6S. The van der Waals surface area contributed by atoms with Crippen LogP contribution in [0.15, 0.2) is 24.4 Å². The van der Waals surface area contributed by atoms with Gasteiger partial charge >= 0.3 is 0 Å². The van der Waals surface area contributed by atoms with Crippen molar-refractivity contribution in [2.45, 2.75) is 39.7 Å². The Morgan fingerprint density at radius 2 is 2.00 bits per heavy atom. The van der Waals surface area contributed by atoms with Crippen LogP contribution >= 0.6 is 11.3 Å². The summed E-state index contributed by atoms with van der Waals surface area (Å²) in [6, 6.07) is 6.35. The van der Waals surface area contributed by atoms with Gasteiger partial charge < -0.3 is 9.88 Å². The third kappa shape index (κ3) is 2.89. The second-order valence-electron chi connectivity index (χ2n) is 7.44. The van der Waals surface area contributed by atoms with Gasteiger partial charge in [0.15, 0.2) is 0 Å². The Kier molecular flexibility index (Phi) is 3.57. The molecule has 1 aromatic carbocycles. The smallest absolute Gasteiger partial charge is 0.214 e. The predicted molar refractivity (Wildman–Crippen MR) is 102 cm³/mol. The van der Waals surface area contributed by atoms with E-state index >= 15 is 0 Å². The average Bonchev–Trinajstić information content (AvgIpc) is 3.16. The standard InChI is InChI=1S/C18H22N6S/c1-11-6-7-13-12(8-11)20-15(23(13)5)9-19-16-22-24-10-14(18(2,3)4)21-17(24)25-16/h6-8,10H,9H2,1-5H3,(H,19,22). The van der Waals surface area contributed by atoms with Gasteiger partial charge in [-0.3, -0.25) is 0 Å². The van der Waals surface area contributed by atoms with Crippen molar-refractivity contribution in [3.8, 4) is 0 Å². The summed E-state index contributed by atoms with van der Waals surface area (Å²) in [6.07, 6.45) is 2.01. The zero-order valence-electron chi connectivity index (χ0n) is 15.2. The SMILES string of the molecule is Cc1ccc2c(c1)nc(CNc1nn3cc(C(C)(C)C)nc3s1)n2C. The lowest BCUT2D eigenvalue weighted by atomic mass is 9.93. The number of aryl methyl sites for hydroxylation is 2. The van der Waals surface area contributed by atoms with Gasteiger partial charge in [0.05, 0.1) is 29.5 Å². The number of nitrogens with one attached hydrogen (secondary N) is 1. The summed E-state index contributed by atoms with van der Waals surface area (Å²) in [7, 11) is 2.05. The molecule has 6 nitrogen and oxygen atoms in total. The van der Waals surface area contributed by atoms with Gasteiger partial charge in [-0.25, -0.2) is 14.5 Å². The average molecular weight is 354 g/mol. The third-order valence-corrected chi connectivity index (χ3v) is 5.22. The molecule has 0 aliphatic heterocycles. The molecule has 3 heterocycles. The Labute approximate surface area is 150 Å². The van der Waals surface area contributed by atoms with Crippen LogP contribution in [0.25, 0.3) is 16.0 Å². The summed E-state index contributed by atoms with van der Waals surface area (Å²) in [5, 5.41) is 8.81. The molecule has 0 aliphatic rings. The van der Waals surface area contributed by atoms with Crippen molar-refractivity contribution in [2.75, 3.05) is 5.32 Å². The van der Waals surface area contributed by atoms with E-state index in [1.807, 2.05) is 17.8 Å². The van der Waals surface area contributed by atoms with Gasteiger partial charge in [0.1, 0.15) is 5.82 Å². The van der Waals surface area contributed by atoms with Crippen LogP contribution in [0.5, 0.6) is 0 Å². The molecule has 1 N–H and O–H groups in total. The highest BCUT2D eigenvalue weighted by Crippen LogP contribution is 2.26. The number of nitrogens with zero attached hydrogens (tertiary/aromatic N) is 5. The second-order valence-corrected chi connectivity index (χ2v) is 8.40. The van der Waals surface area contributed by atoms with Gasteiger partial charge in [-0.05, 0) is 24.6 Å². The van der Waals surface area contributed by atoms with Gasteiger partial charge in [-0.15, -0.1) is 5.10 Å². The van der Waals surface area contributed by atoms with Crippen molar-refractivity contribution in [1.82, 2.24) is 24.1 Å². The van der Waals surface area contributed by atoms with Gasteiger partial charge in [-0.1, -0.05) is 38.2 Å². The van der Waals surface area contributed by atoms with Crippen LogP contribution in [-0.4, -0.2) is 24.1 Å². The Morgan fingerprint density at radius 1 is 1.20 bits per heavy atom. The van der Waals surface area contributed by atoms with Crippen molar-refractivity contribution >= 4 is 32.5 Å². The van der Waals surface area contributed by atoms with Gasteiger partial charge in [-0.2, -0.15) is 0 Å². The van der Waals surface area contributed by atoms with E-state index in [1.165, 1.54) is 5.56 Å². The van der Waals surface area contributed by atoms with Crippen LogP contribution < -0.4 is 5.32 Å². The van der Waals surface area contributed by atoms with E-state index < -0.39 is 0 Å². The largest absolute Gasteiger partial charge is 0.353 e. The molecule has 0 spiro atoms. The molecule has 0 saturated heterocycles. The number of benzene rings is 1. The molecule has 3 aromatic heterocycles. The fourth-order valence-electron chi connectivity index (χ4n) is 2.81. The van der Waals surface area contributed by atoms with E-state index in [1.54, 1.807) is 11.3 Å². The highest BCUT2D eigenvalue weighted by atomic mass is 32.1. The third-order valence-electron chi connectivity index (χ3n) is 4.34. The molecule has 0 saturated carbocycles. The first-order valence-corrected chi connectivity index (χ1v) is 9.15. The monoisotopic (exact) mass is 354 g/mol. The fourth-order valence-corrected chi connectivity index (χ4v) is 3.58. The van der Waals surface area contributed by atoms with Gasteiger partial charge in [0, 0.05) is 12.5 Å². The van der Waals surface area contributed by atoms with Crippen LogP contribution in [-0.2, 0) is 19.0 Å². The number of imidazole rings is 2. The minimum absolute atomic E-state index is 0.0339. The minimum Gasteiger partial charge on any atom is -0.353 e. The van der Waals surface area contributed by atoms with E-state index in [4.69, 9.17) is 4.98 Å². The topological polar surface area (TPSA) is 60.0 Å². The van der Waals surface area contributed by atoms with E-state index in [0.717, 1.165) is 32.6 Å². The van der Waals surface area contributed by atoms with Crippen molar-refractivity contribution in [2.24, 2.45) is 7.05 Å². The predicted octanol–water partition coefficient (Wildman–Crippen LogP) is 3.90. The highest BCUT2D eigenvalue weighted by molar-refractivity contribution is 7.20. The molecule has 25 heavy (non-hydrogen) atoms. The molecule has 0 atom stereocenters. The van der Waals surface area contributed by atoms with Crippen molar-refractivity contribution in [3.63, 3.8) is 0 Å². The first kappa shape index (κ1) is 16.1. The van der Waals surface area contributed by atoms with Crippen LogP contribution in [0.4, 0.5) is 5.13 Å². The lowest BCUT2D eigenvalue weighted by Crippen LogP contribution is -2.11. The summed E-state index contributed by atoms with van der Waals surface area (Å²) in [6.45, 7) is 9.19. The summed E-state index contributed by atoms with van der Waals surface area (Å²) in [4.78, 5) is 10.3. The Bertz CT molecular complexity index is 1030. The Morgan fingerprint density at radius 3 is 2.72 bits per heavy atom. The summed E-state index contributed by atoms with van der Waals surface area (Å²) >= 11 is 1.56. The molecule has 0 amide bonds. The van der Waals surface area contributed by atoms with Gasteiger partial charge in [0.25, 0.3) is 0 Å². The van der Waals surface area contributed by atoms with Crippen LogP contribution in [0.2, 0.25) is 0 Å². The van der Waals surface area contributed by atoms with Crippen LogP contribution in [0.3, 0.4) is 0 Å². The maximum Gasteiger partial charge on any atom is 0.214 e. The summed E-state index contributed by atoms with van der Waals surface area (Å²) in [5.41, 5.74) is 4.49. The quantitative estimate of drug-likeness (QED) is 0.606. The second kappa shape index (κ2) is 5.56. The van der Waals surface area contributed by atoms with Crippen molar-refractivity contribution in [3.05, 3.63) is 41.5 Å². The molecule has 0 bridgehead atoms. The normalized spacial score (nSPS) is 12.4. The lowest BCUT2D eigenvalue weighted by Gasteiger charge is -2.13. The van der Waals surface area contributed by atoms with Gasteiger partial charge in [0.2, 0.25) is 10.1 Å². The minimum atomic E-state index is 0.0339. The van der Waals surface area contributed by atoms with Crippen molar-refractivity contribution in [1.29, 1.82) is 0 Å². The van der Waals surface area contributed by atoms with Crippen molar-refractivity contribution < 1.29 is 0 Å². The maximum absolute atomic E-state index is 4.73. The molecule has 4 rings (SSSR count). The first-order chi connectivity index (χ1) is 11.8. The number of rotatable bonds is 3. The number of anilines is 1. The van der Waals surface area contributed by atoms with E-state index in [9.17, 15) is 0 Å². The van der Waals surface area contributed by atoms with E-state index in [2.05, 4.69) is 65.9 Å². The molecule has 0 radical (unpaired) electrons. The number of hydrogen-bond donors (Lipinski definition) is 1. The lowest BCUT2D eigenvalue weighted by molar-refractivity contribution is 0.572. The number of fused-ring (bicyclic) bond motifs is 2. The van der Waals surface area contributed by atoms with Crippen LogP contribution in [0.1, 0.15) is 37.9 Å². The Hall–Kier alpha value is -2.41. The molecular weight excluding hydrogens is 332 g/mol. The zero-order valence-corrected chi connectivity index (χ0v) is 16.0. The molecule has 130 valence electrons. The number of hydrogen-bond acceptors (Lipinski definition) is 5. The molecule has 0 fully saturated rings. The number of aromatic nitrogens is 5.